The summed E-state index contributed by atoms with van der Waals surface area (Å²) in [6, 6.07) is 11.1. The SMILES string of the molecule is CC1CC[C@@H]2C[C@H](c3ccc(-c4ccc(C(F)(F)F)c(F)c4)cc3)CC[C@@H]2C1. The van der Waals surface area contributed by atoms with Crippen LogP contribution in [0.3, 0.4) is 0 Å². The monoisotopic (exact) mass is 390 g/mol. The standard InChI is InChI=1S/C24H26F4/c1-15-2-3-20-13-19(9-8-18(20)12-15)16-4-6-17(7-5-16)21-10-11-22(23(25)14-21)24(26,27)28/h4-7,10-11,14-15,18-20H,2-3,8-9,12-13H2,1H3/t15?,18-,19-,20-/m1/s1. The van der Waals surface area contributed by atoms with E-state index in [1.165, 1.54) is 50.2 Å². The Labute approximate surface area is 164 Å². The van der Waals surface area contributed by atoms with Gasteiger partial charge in [0.15, 0.2) is 0 Å². The van der Waals surface area contributed by atoms with Crippen molar-refractivity contribution < 1.29 is 17.6 Å². The first-order valence-corrected chi connectivity index (χ1v) is 10.3. The van der Waals surface area contributed by atoms with E-state index in [1.54, 1.807) is 0 Å². The minimum atomic E-state index is -4.66. The zero-order valence-electron chi connectivity index (χ0n) is 16.1. The number of alkyl halides is 3. The zero-order chi connectivity index (χ0) is 19.9. The van der Waals surface area contributed by atoms with Gasteiger partial charge in [-0.05, 0) is 84.6 Å². The van der Waals surface area contributed by atoms with Gasteiger partial charge in [-0.3, -0.25) is 0 Å². The molecule has 0 radical (unpaired) electrons. The van der Waals surface area contributed by atoms with Gasteiger partial charge in [0.25, 0.3) is 0 Å². The third-order valence-corrected chi connectivity index (χ3v) is 6.87. The maximum absolute atomic E-state index is 13.9. The second-order valence-corrected chi connectivity index (χ2v) is 8.76. The molecule has 2 aliphatic rings. The first-order chi connectivity index (χ1) is 13.3. The minimum Gasteiger partial charge on any atom is -0.206 e. The van der Waals surface area contributed by atoms with Gasteiger partial charge in [-0.1, -0.05) is 43.7 Å². The Morgan fingerprint density at radius 2 is 1.43 bits per heavy atom. The molecule has 4 heteroatoms. The van der Waals surface area contributed by atoms with Crippen LogP contribution in [0, 0.1) is 23.6 Å². The molecule has 2 aromatic rings. The topological polar surface area (TPSA) is 0 Å². The third-order valence-electron chi connectivity index (χ3n) is 6.87. The van der Waals surface area contributed by atoms with Crippen molar-refractivity contribution in [2.24, 2.45) is 17.8 Å². The van der Waals surface area contributed by atoms with Crippen LogP contribution in [0.2, 0.25) is 0 Å². The molecule has 28 heavy (non-hydrogen) atoms. The Bertz CT molecular complexity index is 821. The van der Waals surface area contributed by atoms with Gasteiger partial charge in [-0.2, -0.15) is 13.2 Å². The molecule has 2 fully saturated rings. The molecule has 0 N–H and O–H groups in total. The molecule has 4 atom stereocenters. The van der Waals surface area contributed by atoms with Crippen LogP contribution in [0.15, 0.2) is 42.5 Å². The molecule has 2 aromatic carbocycles. The van der Waals surface area contributed by atoms with E-state index < -0.39 is 17.6 Å². The second-order valence-electron chi connectivity index (χ2n) is 8.76. The highest BCUT2D eigenvalue weighted by atomic mass is 19.4. The summed E-state index contributed by atoms with van der Waals surface area (Å²) < 4.78 is 52.1. The van der Waals surface area contributed by atoms with Gasteiger partial charge in [0.1, 0.15) is 5.82 Å². The Kier molecular flexibility index (Phi) is 5.24. The van der Waals surface area contributed by atoms with Gasteiger partial charge in [0, 0.05) is 0 Å². The normalized spacial score (nSPS) is 28.0. The lowest BCUT2D eigenvalue weighted by Crippen LogP contribution is -2.29. The van der Waals surface area contributed by atoms with Crippen molar-refractivity contribution in [3.8, 4) is 11.1 Å². The molecule has 150 valence electrons. The fourth-order valence-corrected chi connectivity index (χ4v) is 5.30. The van der Waals surface area contributed by atoms with E-state index >= 15 is 0 Å². The maximum Gasteiger partial charge on any atom is 0.419 e. The molecule has 0 aromatic heterocycles. The lowest BCUT2D eigenvalue weighted by molar-refractivity contribution is -0.139. The molecule has 0 nitrogen and oxygen atoms in total. The third kappa shape index (κ3) is 3.97. The van der Waals surface area contributed by atoms with Crippen molar-refractivity contribution in [1.29, 1.82) is 0 Å². The Balaban J connectivity index is 1.48. The van der Waals surface area contributed by atoms with Crippen LogP contribution in [0.1, 0.15) is 62.5 Å². The van der Waals surface area contributed by atoms with Gasteiger partial charge in [0.05, 0.1) is 5.56 Å². The molecular formula is C24H26F4. The summed E-state index contributed by atoms with van der Waals surface area (Å²) in [6.45, 7) is 2.37. The summed E-state index contributed by atoms with van der Waals surface area (Å²) in [5, 5.41) is 0. The van der Waals surface area contributed by atoms with E-state index in [2.05, 4.69) is 19.1 Å². The Morgan fingerprint density at radius 3 is 2.11 bits per heavy atom. The first kappa shape index (κ1) is 19.5. The fourth-order valence-electron chi connectivity index (χ4n) is 5.30. The highest BCUT2D eigenvalue weighted by molar-refractivity contribution is 5.64. The number of fused-ring (bicyclic) bond motifs is 1. The highest BCUT2D eigenvalue weighted by Crippen LogP contribution is 2.47. The summed E-state index contributed by atoms with van der Waals surface area (Å²) in [5.41, 5.74) is 1.30. The Hall–Kier alpha value is -1.84. The number of hydrogen-bond donors (Lipinski definition) is 0. The molecule has 0 heterocycles. The molecule has 2 saturated carbocycles. The van der Waals surface area contributed by atoms with Crippen LogP contribution >= 0.6 is 0 Å². The van der Waals surface area contributed by atoms with E-state index in [0.717, 1.165) is 35.4 Å². The van der Waals surface area contributed by atoms with Crippen LogP contribution < -0.4 is 0 Å². The van der Waals surface area contributed by atoms with Gasteiger partial charge in [-0.25, -0.2) is 4.39 Å². The van der Waals surface area contributed by atoms with Crippen molar-refractivity contribution in [2.75, 3.05) is 0 Å². The molecule has 0 bridgehead atoms. The molecule has 0 spiro atoms. The number of halogens is 4. The van der Waals surface area contributed by atoms with E-state index in [1.807, 2.05) is 12.1 Å². The Morgan fingerprint density at radius 1 is 0.786 bits per heavy atom. The predicted molar refractivity (Wildman–Crippen MR) is 103 cm³/mol. The quantitative estimate of drug-likeness (QED) is 0.458. The van der Waals surface area contributed by atoms with Crippen LogP contribution in [0.25, 0.3) is 11.1 Å². The summed E-state index contributed by atoms with van der Waals surface area (Å²) >= 11 is 0. The lowest BCUT2D eigenvalue weighted by Gasteiger charge is -2.41. The molecule has 1 unspecified atom stereocenters. The zero-order valence-corrected chi connectivity index (χ0v) is 16.1. The minimum absolute atomic E-state index is 0.474. The van der Waals surface area contributed by atoms with Gasteiger partial charge >= 0.3 is 6.18 Å². The first-order valence-electron chi connectivity index (χ1n) is 10.3. The predicted octanol–water partition coefficient (Wildman–Crippen LogP) is 7.83. The number of benzene rings is 2. The van der Waals surface area contributed by atoms with Crippen LogP contribution in [0.5, 0.6) is 0 Å². The van der Waals surface area contributed by atoms with E-state index in [-0.39, 0.29) is 0 Å². The van der Waals surface area contributed by atoms with Crippen LogP contribution in [-0.4, -0.2) is 0 Å². The summed E-state index contributed by atoms with van der Waals surface area (Å²) in [5.74, 6) is 1.92. The number of rotatable bonds is 2. The lowest BCUT2D eigenvalue weighted by atomic mass is 9.64. The molecular weight excluding hydrogens is 364 g/mol. The van der Waals surface area contributed by atoms with Gasteiger partial charge < -0.3 is 0 Å². The van der Waals surface area contributed by atoms with Crippen molar-refractivity contribution in [3.63, 3.8) is 0 Å². The maximum atomic E-state index is 13.9. The second kappa shape index (κ2) is 7.53. The van der Waals surface area contributed by atoms with Crippen LogP contribution in [0.4, 0.5) is 17.6 Å². The van der Waals surface area contributed by atoms with Gasteiger partial charge in [-0.15, -0.1) is 0 Å². The average molecular weight is 390 g/mol. The van der Waals surface area contributed by atoms with E-state index in [4.69, 9.17) is 0 Å². The molecule has 2 aliphatic carbocycles. The summed E-state index contributed by atoms with van der Waals surface area (Å²) in [6.07, 6.45) is 3.13. The van der Waals surface area contributed by atoms with E-state index in [9.17, 15) is 17.6 Å². The molecule has 0 saturated heterocycles. The largest absolute Gasteiger partial charge is 0.419 e. The molecule has 4 rings (SSSR count). The number of hydrogen-bond acceptors (Lipinski definition) is 0. The smallest absolute Gasteiger partial charge is 0.206 e. The van der Waals surface area contributed by atoms with Crippen molar-refractivity contribution in [3.05, 3.63) is 59.4 Å². The van der Waals surface area contributed by atoms with E-state index in [0.29, 0.717) is 11.5 Å². The van der Waals surface area contributed by atoms with Crippen LogP contribution in [-0.2, 0) is 6.18 Å². The van der Waals surface area contributed by atoms with Crippen molar-refractivity contribution in [2.45, 2.75) is 57.5 Å². The van der Waals surface area contributed by atoms with Gasteiger partial charge in [0.2, 0.25) is 0 Å². The average Bonchev–Trinajstić information content (AvgIpc) is 2.66. The van der Waals surface area contributed by atoms with Crippen molar-refractivity contribution in [1.82, 2.24) is 0 Å². The molecule has 0 amide bonds. The summed E-state index contributed by atoms with van der Waals surface area (Å²) in [4.78, 5) is 0. The molecule has 0 aliphatic heterocycles. The van der Waals surface area contributed by atoms with Crippen molar-refractivity contribution >= 4 is 0 Å². The fraction of sp³-hybridized carbons (Fsp3) is 0.500. The highest BCUT2D eigenvalue weighted by Gasteiger charge is 2.35. The summed E-state index contributed by atoms with van der Waals surface area (Å²) in [7, 11) is 0.